The highest BCUT2D eigenvalue weighted by Crippen LogP contribution is 2.61. The van der Waals surface area contributed by atoms with E-state index in [0.29, 0.717) is 0 Å². The predicted octanol–water partition coefficient (Wildman–Crippen LogP) is -1.49. The third-order valence-electron chi connectivity index (χ3n) is 3.95. The molecule has 2 fully saturated rings. The third-order valence-corrected chi connectivity index (χ3v) is 3.95. The van der Waals surface area contributed by atoms with E-state index in [1.54, 1.807) is 0 Å². The van der Waals surface area contributed by atoms with E-state index in [9.17, 15) is 19.4 Å². The van der Waals surface area contributed by atoms with Gasteiger partial charge in [-0.2, -0.15) is 4.98 Å². The quantitative estimate of drug-likeness (QED) is 0.567. The molecule has 1 aromatic heterocycles. The zero-order valence-corrected chi connectivity index (χ0v) is 11.4. The van der Waals surface area contributed by atoms with Crippen molar-refractivity contribution in [3.63, 3.8) is 0 Å². The molecule has 22 heavy (non-hydrogen) atoms. The van der Waals surface area contributed by atoms with Gasteiger partial charge < -0.3 is 24.8 Å². The molecule has 0 spiro atoms. The lowest BCUT2D eigenvalue weighted by Gasteiger charge is -2.27. The van der Waals surface area contributed by atoms with Crippen molar-refractivity contribution >= 4 is 0 Å². The number of aromatic nitrogens is 2. The molecule has 1 saturated heterocycles. The molecule has 1 unspecified atom stereocenters. The lowest BCUT2D eigenvalue weighted by Crippen LogP contribution is -2.48. The fraction of sp³-hybridized carbons (Fsp3) is 0.538. The minimum absolute atomic E-state index is 0.0793. The number of ether oxygens (including phenoxy) is 2. The van der Waals surface area contributed by atoms with Gasteiger partial charge in [-0.05, 0) is 0 Å². The van der Waals surface area contributed by atoms with Crippen LogP contribution < -0.4 is 10.4 Å². The van der Waals surface area contributed by atoms with Crippen molar-refractivity contribution in [2.24, 2.45) is 0 Å². The van der Waals surface area contributed by atoms with E-state index in [2.05, 4.69) is 11.6 Å². The highest BCUT2D eigenvalue weighted by molar-refractivity contribution is 5.29. The number of fused-ring (bicyclic) bond motifs is 1. The summed E-state index contributed by atoms with van der Waals surface area (Å²) in [5, 5.41) is 29.0. The molecular formula is C13H15FN2O6. The van der Waals surface area contributed by atoms with Gasteiger partial charge in [-0.3, -0.25) is 4.57 Å². The number of aliphatic hydroxyl groups is 3. The van der Waals surface area contributed by atoms with Crippen LogP contribution in [-0.4, -0.2) is 61.7 Å². The Hall–Kier alpha value is -1.81. The maximum absolute atomic E-state index is 13.9. The first-order chi connectivity index (χ1) is 10.4. The number of nitrogens with zero attached hydrogens (tertiary/aromatic N) is 2. The predicted molar refractivity (Wildman–Crippen MR) is 70.0 cm³/mol. The molecule has 0 radical (unpaired) electrons. The molecule has 3 rings (SSSR count). The van der Waals surface area contributed by atoms with Gasteiger partial charge in [-0.25, -0.2) is 9.18 Å². The van der Waals surface area contributed by atoms with Crippen LogP contribution in [0.1, 0.15) is 6.04 Å². The van der Waals surface area contributed by atoms with Crippen molar-refractivity contribution in [2.75, 3.05) is 13.2 Å². The lowest BCUT2D eigenvalue weighted by molar-refractivity contribution is -0.213. The molecule has 1 aromatic rings. The minimum Gasteiger partial charge on any atom is -0.473 e. The molecule has 1 saturated carbocycles. The Morgan fingerprint density at radius 2 is 2.36 bits per heavy atom. The van der Waals surface area contributed by atoms with Crippen LogP contribution in [0.5, 0.6) is 5.88 Å². The summed E-state index contributed by atoms with van der Waals surface area (Å²) < 4.78 is 24.9. The second-order valence-corrected chi connectivity index (χ2v) is 5.27. The Morgan fingerprint density at radius 3 is 2.86 bits per heavy atom. The monoisotopic (exact) mass is 314 g/mol. The number of hydrogen-bond donors (Lipinski definition) is 3. The molecule has 0 aromatic carbocycles. The number of alkyl halides is 1. The molecule has 3 N–H and O–H groups in total. The fourth-order valence-corrected chi connectivity index (χ4v) is 2.77. The van der Waals surface area contributed by atoms with Crippen LogP contribution in [0.3, 0.4) is 0 Å². The smallest absolute Gasteiger partial charge is 0.351 e. The van der Waals surface area contributed by atoms with E-state index in [0.717, 1.165) is 4.57 Å². The zero-order chi connectivity index (χ0) is 16.1. The molecule has 9 heteroatoms. The largest absolute Gasteiger partial charge is 0.473 e. The summed E-state index contributed by atoms with van der Waals surface area (Å²) in [7, 11) is 0. The van der Waals surface area contributed by atoms with E-state index in [4.69, 9.17) is 14.6 Å². The summed E-state index contributed by atoms with van der Waals surface area (Å²) in [4.78, 5) is 15.6. The number of hydrogen-bond acceptors (Lipinski definition) is 7. The SMILES string of the molecule is C=CCOc1ccn(C2[C@@H]3O[C@](F)(CO)[C@@H](O)[C@@]23O)c(=O)n1. The molecule has 8 nitrogen and oxygen atoms in total. The summed E-state index contributed by atoms with van der Waals surface area (Å²) in [6.07, 6.45) is -0.312. The molecule has 0 bridgehead atoms. The second kappa shape index (κ2) is 4.85. The van der Waals surface area contributed by atoms with Crippen LogP contribution in [0.4, 0.5) is 4.39 Å². The van der Waals surface area contributed by atoms with Crippen LogP contribution in [0.25, 0.3) is 0 Å². The van der Waals surface area contributed by atoms with Gasteiger partial charge in [0.05, 0.1) is 0 Å². The summed E-state index contributed by atoms with van der Waals surface area (Å²) in [5.74, 6) is -2.66. The van der Waals surface area contributed by atoms with Gasteiger partial charge in [-0.15, -0.1) is 0 Å². The minimum atomic E-state index is -2.74. The number of halogens is 1. The van der Waals surface area contributed by atoms with Gasteiger partial charge >= 0.3 is 5.69 Å². The molecule has 2 heterocycles. The van der Waals surface area contributed by atoms with Gasteiger partial charge in [0.15, 0.2) is 0 Å². The highest BCUT2D eigenvalue weighted by Gasteiger charge is 2.82. The van der Waals surface area contributed by atoms with Crippen molar-refractivity contribution in [1.29, 1.82) is 0 Å². The van der Waals surface area contributed by atoms with Gasteiger partial charge in [0.1, 0.15) is 37.1 Å². The van der Waals surface area contributed by atoms with Gasteiger partial charge in [0, 0.05) is 12.3 Å². The Morgan fingerprint density at radius 1 is 1.64 bits per heavy atom. The van der Waals surface area contributed by atoms with Gasteiger partial charge in [0.2, 0.25) is 5.88 Å². The summed E-state index contributed by atoms with van der Waals surface area (Å²) in [6.45, 7) is 2.54. The summed E-state index contributed by atoms with van der Waals surface area (Å²) in [6, 6.07) is 0.412. The van der Waals surface area contributed by atoms with Crippen LogP contribution in [0, 0.1) is 0 Å². The molecular weight excluding hydrogens is 299 g/mol. The lowest BCUT2D eigenvalue weighted by atomic mass is 10.1. The van der Waals surface area contributed by atoms with E-state index < -0.39 is 42.0 Å². The maximum Gasteiger partial charge on any atom is 0.351 e. The maximum atomic E-state index is 13.9. The molecule has 1 aliphatic carbocycles. The summed E-state index contributed by atoms with van der Waals surface area (Å²) in [5.41, 5.74) is -2.72. The third kappa shape index (κ3) is 1.90. The number of rotatable bonds is 5. The van der Waals surface area contributed by atoms with Crippen molar-refractivity contribution in [3.05, 3.63) is 35.4 Å². The van der Waals surface area contributed by atoms with Gasteiger partial charge in [0.25, 0.3) is 5.85 Å². The van der Waals surface area contributed by atoms with Crippen LogP contribution in [-0.2, 0) is 4.74 Å². The summed E-state index contributed by atoms with van der Waals surface area (Å²) >= 11 is 0. The van der Waals surface area contributed by atoms with E-state index in [1.165, 1.54) is 18.3 Å². The Labute approximate surface area is 124 Å². The van der Waals surface area contributed by atoms with Crippen LogP contribution >= 0.6 is 0 Å². The average molecular weight is 314 g/mol. The van der Waals surface area contributed by atoms with Crippen molar-refractivity contribution in [3.8, 4) is 5.88 Å². The molecule has 120 valence electrons. The Kier molecular flexibility index (Phi) is 3.33. The van der Waals surface area contributed by atoms with Gasteiger partial charge in [-0.1, -0.05) is 12.7 Å². The first kappa shape index (κ1) is 15.1. The normalized spacial score (nSPS) is 39.4. The van der Waals surface area contributed by atoms with Crippen LogP contribution in [0.15, 0.2) is 29.7 Å². The van der Waals surface area contributed by atoms with Crippen molar-refractivity contribution in [2.45, 2.75) is 29.7 Å². The highest BCUT2D eigenvalue weighted by atomic mass is 19.2. The van der Waals surface area contributed by atoms with E-state index in [1.807, 2.05) is 0 Å². The second-order valence-electron chi connectivity index (χ2n) is 5.27. The topological polar surface area (TPSA) is 114 Å². The molecule has 5 atom stereocenters. The molecule has 2 aliphatic rings. The van der Waals surface area contributed by atoms with E-state index >= 15 is 0 Å². The average Bonchev–Trinajstić information content (AvgIpc) is 3.01. The van der Waals surface area contributed by atoms with Crippen LogP contribution in [0.2, 0.25) is 0 Å². The zero-order valence-electron chi connectivity index (χ0n) is 11.4. The Bertz CT molecular complexity index is 666. The first-order valence-corrected chi connectivity index (χ1v) is 6.59. The van der Waals surface area contributed by atoms with Crippen molar-refractivity contribution in [1.82, 2.24) is 9.55 Å². The first-order valence-electron chi connectivity index (χ1n) is 6.59. The fourth-order valence-electron chi connectivity index (χ4n) is 2.77. The number of aliphatic hydroxyl groups excluding tert-OH is 2. The van der Waals surface area contributed by atoms with E-state index in [-0.39, 0.29) is 12.5 Å². The Balaban J connectivity index is 1.84. The molecule has 1 aliphatic heterocycles. The standard InChI is InChI=1S/C13H15FN2O6/c1-2-5-21-7-3-4-16(11(19)15-7)8-9-13(8,20)10(18)12(14,6-17)22-9/h2-4,8-10,17-18,20H,1,5-6H2/t8?,9-,10+,12+,13+/m0/s1. The van der Waals surface area contributed by atoms with Crippen molar-refractivity contribution < 1.29 is 29.2 Å². The molecule has 0 amide bonds.